The van der Waals surface area contributed by atoms with Gasteiger partial charge in [0.1, 0.15) is 0 Å². The van der Waals surface area contributed by atoms with Gasteiger partial charge in [-0.15, -0.1) is 12.4 Å². The zero-order valence-electron chi connectivity index (χ0n) is 6.26. The molecule has 0 spiro atoms. The lowest BCUT2D eigenvalue weighted by molar-refractivity contribution is -0.130. The molecule has 0 fully saturated rings. The van der Waals surface area contributed by atoms with Gasteiger partial charge in [-0.1, -0.05) is 5.92 Å². The highest BCUT2D eigenvalue weighted by atomic mass is 35.5. The molecular weight excluding hydrogens is 152 g/mol. The fourth-order valence-corrected chi connectivity index (χ4v) is 0.241. The van der Waals surface area contributed by atoms with E-state index in [-0.39, 0.29) is 17.8 Å². The van der Waals surface area contributed by atoms with Crippen LogP contribution < -0.4 is 0 Å². The Bertz CT molecular complexity index is 168. The minimum atomic E-state index is -1.06. The molecule has 0 aromatic rings. The molecule has 0 rings (SSSR count). The SMILES string of the molecule is CC(C)(C)C#CC(=O)O.Cl. The van der Waals surface area contributed by atoms with Crippen molar-refractivity contribution in [1.29, 1.82) is 0 Å². The second-order valence-corrected chi connectivity index (χ2v) is 2.81. The number of hydrogen-bond donors (Lipinski definition) is 1. The smallest absolute Gasteiger partial charge is 0.381 e. The average Bonchev–Trinajstić information content (AvgIpc) is 1.59. The fourth-order valence-electron chi connectivity index (χ4n) is 0.241. The predicted molar refractivity (Wildman–Crippen MR) is 42.1 cm³/mol. The van der Waals surface area contributed by atoms with Crippen molar-refractivity contribution in [3.63, 3.8) is 0 Å². The molecule has 0 saturated heterocycles. The number of hydrogen-bond acceptors (Lipinski definition) is 1. The molecule has 0 bridgehead atoms. The summed E-state index contributed by atoms with van der Waals surface area (Å²) >= 11 is 0. The van der Waals surface area contributed by atoms with E-state index in [0.29, 0.717) is 0 Å². The largest absolute Gasteiger partial charge is 0.472 e. The van der Waals surface area contributed by atoms with Crippen LogP contribution in [0.1, 0.15) is 20.8 Å². The molecule has 0 saturated carbocycles. The van der Waals surface area contributed by atoms with E-state index in [1.54, 1.807) is 0 Å². The van der Waals surface area contributed by atoms with Gasteiger partial charge in [-0.2, -0.15) is 0 Å². The van der Waals surface area contributed by atoms with Crippen LogP contribution in [0.25, 0.3) is 0 Å². The van der Waals surface area contributed by atoms with Crippen LogP contribution >= 0.6 is 12.4 Å². The van der Waals surface area contributed by atoms with Gasteiger partial charge in [0.15, 0.2) is 0 Å². The summed E-state index contributed by atoms with van der Waals surface area (Å²) in [5.41, 5.74) is -0.210. The Labute approximate surface area is 67.0 Å². The third-order valence-electron chi connectivity index (χ3n) is 0.544. The van der Waals surface area contributed by atoms with Gasteiger partial charge in [0, 0.05) is 11.3 Å². The van der Waals surface area contributed by atoms with Gasteiger partial charge < -0.3 is 5.11 Å². The Morgan fingerprint density at radius 2 is 1.80 bits per heavy atom. The van der Waals surface area contributed by atoms with E-state index in [0.717, 1.165) is 0 Å². The molecule has 1 N–H and O–H groups in total. The standard InChI is InChI=1S/C7H10O2.ClH/c1-7(2,3)5-4-6(8)9;/h1-3H3,(H,8,9);1H. The van der Waals surface area contributed by atoms with E-state index in [9.17, 15) is 4.79 Å². The molecule has 3 heteroatoms. The maximum atomic E-state index is 9.87. The van der Waals surface area contributed by atoms with Crippen LogP contribution in [0.5, 0.6) is 0 Å². The summed E-state index contributed by atoms with van der Waals surface area (Å²) in [6.45, 7) is 5.59. The van der Waals surface area contributed by atoms with E-state index >= 15 is 0 Å². The lowest BCUT2D eigenvalue weighted by Gasteiger charge is -2.05. The highest BCUT2D eigenvalue weighted by Crippen LogP contribution is 2.09. The highest BCUT2D eigenvalue weighted by molar-refractivity contribution is 5.86. The Morgan fingerprint density at radius 3 is 1.90 bits per heavy atom. The molecule has 0 radical (unpaired) electrons. The van der Waals surface area contributed by atoms with E-state index in [1.165, 1.54) is 0 Å². The van der Waals surface area contributed by atoms with Crippen molar-refractivity contribution in [3.8, 4) is 11.8 Å². The molecule has 10 heavy (non-hydrogen) atoms. The topological polar surface area (TPSA) is 37.3 Å². The molecule has 0 aliphatic heterocycles. The van der Waals surface area contributed by atoms with Crippen molar-refractivity contribution in [2.24, 2.45) is 5.41 Å². The molecule has 2 nitrogen and oxygen atoms in total. The van der Waals surface area contributed by atoms with Crippen LogP contribution in [-0.4, -0.2) is 11.1 Å². The summed E-state index contributed by atoms with van der Waals surface area (Å²) in [4.78, 5) is 9.87. The fraction of sp³-hybridized carbons (Fsp3) is 0.571. The normalized spacial score (nSPS) is 8.70. The summed E-state index contributed by atoms with van der Waals surface area (Å²) in [6.07, 6.45) is 0. The number of carbonyl (C=O) groups is 1. The first-order chi connectivity index (χ1) is 3.92. The van der Waals surface area contributed by atoms with E-state index in [1.807, 2.05) is 20.8 Å². The average molecular weight is 163 g/mol. The Hall–Kier alpha value is -0.680. The monoisotopic (exact) mass is 162 g/mol. The first kappa shape index (κ1) is 12.0. The van der Waals surface area contributed by atoms with Crippen molar-refractivity contribution in [2.75, 3.05) is 0 Å². The summed E-state index contributed by atoms with van der Waals surface area (Å²) in [5.74, 6) is 3.56. The van der Waals surface area contributed by atoms with Crippen molar-refractivity contribution in [3.05, 3.63) is 0 Å². The molecular formula is C7H11ClO2. The third-order valence-corrected chi connectivity index (χ3v) is 0.544. The van der Waals surface area contributed by atoms with Gasteiger partial charge >= 0.3 is 5.97 Å². The summed E-state index contributed by atoms with van der Waals surface area (Å²) in [7, 11) is 0. The van der Waals surface area contributed by atoms with Crippen molar-refractivity contribution < 1.29 is 9.90 Å². The Balaban J connectivity index is 0. The zero-order chi connectivity index (χ0) is 7.49. The number of carboxylic acid groups (broad SMARTS) is 1. The number of carboxylic acids is 1. The summed E-state index contributed by atoms with van der Waals surface area (Å²) < 4.78 is 0. The Morgan fingerprint density at radius 1 is 1.40 bits per heavy atom. The van der Waals surface area contributed by atoms with Crippen LogP contribution in [0.4, 0.5) is 0 Å². The summed E-state index contributed by atoms with van der Waals surface area (Å²) in [5, 5.41) is 8.10. The van der Waals surface area contributed by atoms with Crippen LogP contribution in [0, 0.1) is 17.3 Å². The van der Waals surface area contributed by atoms with E-state index < -0.39 is 5.97 Å². The maximum Gasteiger partial charge on any atom is 0.381 e. The van der Waals surface area contributed by atoms with Crippen LogP contribution in [0.15, 0.2) is 0 Å². The molecule has 0 heterocycles. The maximum absolute atomic E-state index is 9.87. The van der Waals surface area contributed by atoms with E-state index in [2.05, 4.69) is 11.8 Å². The number of aliphatic carboxylic acids is 1. The molecule has 0 unspecified atom stereocenters. The number of halogens is 1. The molecule has 0 amide bonds. The second kappa shape index (κ2) is 4.19. The number of rotatable bonds is 0. The zero-order valence-corrected chi connectivity index (χ0v) is 7.08. The lowest BCUT2D eigenvalue weighted by atomic mass is 9.98. The molecule has 0 aliphatic rings. The van der Waals surface area contributed by atoms with Gasteiger partial charge in [-0.25, -0.2) is 4.79 Å². The van der Waals surface area contributed by atoms with Crippen molar-refractivity contribution in [2.45, 2.75) is 20.8 Å². The van der Waals surface area contributed by atoms with E-state index in [4.69, 9.17) is 5.11 Å². The van der Waals surface area contributed by atoms with Gasteiger partial charge in [0.2, 0.25) is 0 Å². The second-order valence-electron chi connectivity index (χ2n) is 2.81. The first-order valence-electron chi connectivity index (χ1n) is 2.68. The molecule has 0 aliphatic carbocycles. The molecule has 0 atom stereocenters. The lowest BCUT2D eigenvalue weighted by Crippen LogP contribution is -2.01. The molecule has 58 valence electrons. The van der Waals surface area contributed by atoms with Gasteiger partial charge in [0.05, 0.1) is 0 Å². The highest BCUT2D eigenvalue weighted by Gasteiger charge is 2.03. The van der Waals surface area contributed by atoms with Gasteiger partial charge in [-0.05, 0) is 20.8 Å². The van der Waals surface area contributed by atoms with Gasteiger partial charge in [-0.3, -0.25) is 0 Å². The summed E-state index contributed by atoms with van der Waals surface area (Å²) in [6, 6.07) is 0. The minimum absolute atomic E-state index is 0. The van der Waals surface area contributed by atoms with Crippen molar-refractivity contribution >= 4 is 18.4 Å². The predicted octanol–water partition coefficient (Wildman–Crippen LogP) is 1.54. The Kier molecular flexibility index (Phi) is 5.04. The minimum Gasteiger partial charge on any atom is -0.472 e. The third kappa shape index (κ3) is 10.3. The van der Waals surface area contributed by atoms with Gasteiger partial charge in [0.25, 0.3) is 0 Å². The molecule has 0 aromatic carbocycles. The van der Waals surface area contributed by atoms with Crippen molar-refractivity contribution in [1.82, 2.24) is 0 Å². The quantitative estimate of drug-likeness (QED) is 0.549. The van der Waals surface area contributed by atoms with Crippen LogP contribution in [0.3, 0.4) is 0 Å². The first-order valence-corrected chi connectivity index (χ1v) is 2.68. The molecule has 0 aromatic heterocycles. The van der Waals surface area contributed by atoms with Crippen LogP contribution in [-0.2, 0) is 4.79 Å². The van der Waals surface area contributed by atoms with Crippen LogP contribution in [0.2, 0.25) is 0 Å².